The van der Waals surface area contributed by atoms with Gasteiger partial charge in [0.05, 0.1) is 16.2 Å². The number of carbonyl (C=O) groups excluding carboxylic acids is 1. The molecule has 0 fully saturated rings. The van der Waals surface area contributed by atoms with Gasteiger partial charge in [-0.05, 0) is 24.3 Å². The van der Waals surface area contributed by atoms with Gasteiger partial charge in [0.25, 0.3) is 11.6 Å². The Labute approximate surface area is 204 Å². The minimum Gasteiger partial charge on any atom is -0.483 e. The van der Waals surface area contributed by atoms with E-state index in [-0.39, 0.29) is 23.6 Å². The lowest BCUT2D eigenvalue weighted by molar-refractivity contribution is -0.384. The second-order valence-electron chi connectivity index (χ2n) is 7.26. The highest BCUT2D eigenvalue weighted by molar-refractivity contribution is 7.11. The number of anilines is 1. The fourth-order valence-corrected chi connectivity index (χ4v) is 3.99. The Morgan fingerprint density at radius 1 is 1.11 bits per heavy atom. The van der Waals surface area contributed by atoms with Crippen molar-refractivity contribution in [2.45, 2.75) is 0 Å². The van der Waals surface area contributed by atoms with E-state index in [0.717, 1.165) is 11.3 Å². The van der Waals surface area contributed by atoms with E-state index in [0.29, 0.717) is 16.3 Å². The number of aromatic nitrogens is 1. The van der Waals surface area contributed by atoms with Crippen LogP contribution in [0.3, 0.4) is 0 Å². The van der Waals surface area contributed by atoms with E-state index in [1.54, 1.807) is 24.3 Å². The molecule has 1 amide bonds. The number of nitrogens with one attached hydrogen (secondary N) is 1. The van der Waals surface area contributed by atoms with Crippen molar-refractivity contribution in [1.82, 2.24) is 4.98 Å². The summed E-state index contributed by atoms with van der Waals surface area (Å²) < 4.78 is 5.66. The molecule has 0 spiro atoms. The Morgan fingerprint density at radius 2 is 1.83 bits per heavy atom. The number of hydrogen-bond donors (Lipinski definition) is 1. The highest BCUT2D eigenvalue weighted by Gasteiger charge is 2.15. The van der Waals surface area contributed by atoms with Crippen molar-refractivity contribution in [2.24, 2.45) is 0 Å². The Kier molecular flexibility index (Phi) is 7.25. The van der Waals surface area contributed by atoms with Gasteiger partial charge in [0.15, 0.2) is 6.61 Å². The maximum Gasteiger partial charge on any atom is 0.270 e. The van der Waals surface area contributed by atoms with E-state index >= 15 is 0 Å². The zero-order valence-corrected chi connectivity index (χ0v) is 19.1. The molecule has 8 nitrogen and oxygen atoms in total. The molecule has 1 N–H and O–H groups in total. The number of non-ortho nitro benzene ring substituents is 1. The number of nitro benzene ring substituents is 1. The van der Waals surface area contributed by atoms with Crippen molar-refractivity contribution >= 4 is 40.3 Å². The molecular formula is C26H18N4O4S. The summed E-state index contributed by atoms with van der Waals surface area (Å²) in [5, 5.41) is 26.1. The van der Waals surface area contributed by atoms with E-state index in [1.807, 2.05) is 41.8 Å². The van der Waals surface area contributed by atoms with Crippen molar-refractivity contribution < 1.29 is 14.5 Å². The molecule has 4 rings (SSSR count). The van der Waals surface area contributed by atoms with Gasteiger partial charge < -0.3 is 10.1 Å². The molecular weight excluding hydrogens is 464 g/mol. The van der Waals surface area contributed by atoms with Gasteiger partial charge in [-0.25, -0.2) is 4.98 Å². The molecule has 9 heteroatoms. The van der Waals surface area contributed by atoms with Crippen molar-refractivity contribution in [3.8, 4) is 23.1 Å². The molecule has 0 atom stereocenters. The fourth-order valence-electron chi connectivity index (χ4n) is 3.19. The van der Waals surface area contributed by atoms with E-state index < -0.39 is 10.8 Å². The van der Waals surface area contributed by atoms with Crippen LogP contribution in [0.2, 0.25) is 0 Å². The van der Waals surface area contributed by atoms with Gasteiger partial charge >= 0.3 is 0 Å². The van der Waals surface area contributed by atoms with Gasteiger partial charge in [0.1, 0.15) is 16.8 Å². The lowest BCUT2D eigenvalue weighted by Crippen LogP contribution is -2.20. The molecule has 0 radical (unpaired) electrons. The van der Waals surface area contributed by atoms with Crippen molar-refractivity contribution in [1.29, 1.82) is 5.26 Å². The number of hydrogen-bond acceptors (Lipinski definition) is 7. The number of allylic oxidation sites excluding steroid dienone is 1. The number of carbonyl (C=O) groups is 1. The molecule has 1 heterocycles. The van der Waals surface area contributed by atoms with Crippen LogP contribution in [0.4, 0.5) is 11.4 Å². The summed E-state index contributed by atoms with van der Waals surface area (Å²) in [6.07, 6.45) is 1.48. The minimum atomic E-state index is -0.536. The number of nitrogens with zero attached hydrogens (tertiary/aromatic N) is 3. The zero-order valence-electron chi connectivity index (χ0n) is 18.3. The zero-order chi connectivity index (χ0) is 24.6. The second kappa shape index (κ2) is 10.9. The first-order valence-corrected chi connectivity index (χ1v) is 11.3. The van der Waals surface area contributed by atoms with Gasteiger partial charge in [0, 0.05) is 34.3 Å². The second-order valence-corrected chi connectivity index (χ2v) is 8.11. The van der Waals surface area contributed by atoms with Crippen LogP contribution < -0.4 is 10.1 Å². The molecule has 35 heavy (non-hydrogen) atoms. The standard InChI is InChI=1S/C26H18N4O4S/c27-15-20(26-29-23(17-35-26)18-7-3-1-4-8-18)13-19-14-22(30(32)33)11-12-24(19)34-16-25(31)28-21-9-5-2-6-10-21/h1-14,17H,16H2,(H,28,31). The third kappa shape index (κ3) is 5.96. The average molecular weight is 483 g/mol. The first kappa shape index (κ1) is 23.4. The van der Waals surface area contributed by atoms with Crippen molar-refractivity contribution in [3.63, 3.8) is 0 Å². The molecule has 172 valence electrons. The Bertz CT molecular complexity index is 1430. The molecule has 4 aromatic rings. The Balaban J connectivity index is 1.60. The third-order valence-electron chi connectivity index (χ3n) is 4.84. The highest BCUT2D eigenvalue weighted by atomic mass is 32.1. The summed E-state index contributed by atoms with van der Waals surface area (Å²) in [5.74, 6) is -0.163. The Hall–Kier alpha value is -4.81. The number of benzene rings is 3. The fraction of sp³-hybridized carbons (Fsp3) is 0.0385. The summed E-state index contributed by atoms with van der Waals surface area (Å²) in [6.45, 7) is -0.315. The minimum absolute atomic E-state index is 0.168. The highest BCUT2D eigenvalue weighted by Crippen LogP contribution is 2.31. The number of ether oxygens (including phenoxy) is 1. The molecule has 0 unspecified atom stereocenters. The van der Waals surface area contributed by atoms with Gasteiger partial charge in [-0.15, -0.1) is 11.3 Å². The molecule has 0 aliphatic heterocycles. The molecule has 0 saturated heterocycles. The number of thiazole rings is 1. The lowest BCUT2D eigenvalue weighted by Gasteiger charge is -2.10. The summed E-state index contributed by atoms with van der Waals surface area (Å²) in [4.78, 5) is 27.6. The van der Waals surface area contributed by atoms with Gasteiger partial charge in [0.2, 0.25) is 0 Å². The maximum absolute atomic E-state index is 12.3. The molecule has 3 aromatic carbocycles. The van der Waals surface area contributed by atoms with Crippen LogP contribution in [0.25, 0.3) is 22.9 Å². The smallest absolute Gasteiger partial charge is 0.270 e. The van der Waals surface area contributed by atoms with Crippen molar-refractivity contribution in [3.05, 3.63) is 105 Å². The number of rotatable bonds is 8. The monoisotopic (exact) mass is 482 g/mol. The summed E-state index contributed by atoms with van der Waals surface area (Å²) in [6, 6.07) is 24.5. The number of nitriles is 1. The molecule has 1 aromatic heterocycles. The van der Waals surface area contributed by atoms with E-state index in [9.17, 15) is 20.2 Å². The number of nitro groups is 1. The van der Waals surface area contributed by atoms with E-state index in [1.165, 1.54) is 35.6 Å². The topological polar surface area (TPSA) is 118 Å². The van der Waals surface area contributed by atoms with Gasteiger partial charge in [-0.1, -0.05) is 48.5 Å². The SMILES string of the molecule is N#CC(=Cc1cc([N+](=O)[O-])ccc1OCC(=O)Nc1ccccc1)c1nc(-c2ccccc2)cs1. The molecule has 0 saturated carbocycles. The quantitative estimate of drug-likeness (QED) is 0.193. The normalized spacial score (nSPS) is 10.9. The first-order valence-electron chi connectivity index (χ1n) is 10.4. The predicted octanol–water partition coefficient (Wildman–Crippen LogP) is 5.80. The number of amides is 1. The van der Waals surface area contributed by atoms with E-state index in [2.05, 4.69) is 16.4 Å². The summed E-state index contributed by atoms with van der Waals surface area (Å²) >= 11 is 1.29. The number of para-hydroxylation sites is 1. The van der Waals surface area contributed by atoms with Crippen LogP contribution in [0.5, 0.6) is 5.75 Å². The lowest BCUT2D eigenvalue weighted by atomic mass is 10.1. The molecule has 0 aliphatic carbocycles. The van der Waals surface area contributed by atoms with Crippen LogP contribution in [0.15, 0.2) is 84.2 Å². The first-order chi connectivity index (χ1) is 17.0. The summed E-state index contributed by atoms with van der Waals surface area (Å²) in [5.41, 5.74) is 2.60. The molecule has 0 aliphatic rings. The predicted molar refractivity (Wildman–Crippen MR) is 135 cm³/mol. The Morgan fingerprint density at radius 3 is 2.51 bits per heavy atom. The molecule has 0 bridgehead atoms. The van der Waals surface area contributed by atoms with E-state index in [4.69, 9.17) is 4.74 Å². The van der Waals surface area contributed by atoms with Crippen LogP contribution >= 0.6 is 11.3 Å². The van der Waals surface area contributed by atoms with Gasteiger partial charge in [-0.3, -0.25) is 14.9 Å². The van der Waals surface area contributed by atoms with Gasteiger partial charge in [-0.2, -0.15) is 5.26 Å². The third-order valence-corrected chi connectivity index (χ3v) is 5.72. The summed E-state index contributed by atoms with van der Waals surface area (Å²) in [7, 11) is 0. The van der Waals surface area contributed by atoms with Crippen LogP contribution in [-0.2, 0) is 4.79 Å². The average Bonchev–Trinajstić information content (AvgIpc) is 3.37. The largest absolute Gasteiger partial charge is 0.483 e. The van der Waals surface area contributed by atoms with Crippen molar-refractivity contribution in [2.75, 3.05) is 11.9 Å². The maximum atomic E-state index is 12.3. The van der Waals surface area contributed by atoms with Crippen LogP contribution in [0.1, 0.15) is 10.6 Å². The van der Waals surface area contributed by atoms with Crippen LogP contribution in [0, 0.1) is 21.4 Å². The van der Waals surface area contributed by atoms with Crippen LogP contribution in [-0.4, -0.2) is 22.4 Å².